The summed E-state index contributed by atoms with van der Waals surface area (Å²) >= 11 is 3.35. The third-order valence-electron chi connectivity index (χ3n) is 2.24. The average Bonchev–Trinajstić information content (AvgIpc) is 2.94. The molecule has 0 aliphatic carbocycles. The number of tetrazole rings is 1. The second kappa shape index (κ2) is 5.97. The van der Waals surface area contributed by atoms with Crippen molar-refractivity contribution in [1.29, 1.82) is 5.26 Å². The molecule has 0 radical (unpaired) electrons. The van der Waals surface area contributed by atoms with E-state index in [1.807, 2.05) is 24.3 Å². The molecule has 1 aromatic carbocycles. The molecule has 0 aliphatic rings. The number of benzene rings is 1. The minimum atomic E-state index is 0.228. The first kappa shape index (κ1) is 13.0. The van der Waals surface area contributed by atoms with Crippen molar-refractivity contribution in [3.63, 3.8) is 0 Å². The highest BCUT2D eigenvalue weighted by molar-refractivity contribution is 9.10. The van der Waals surface area contributed by atoms with Crippen LogP contribution in [0.15, 0.2) is 28.9 Å². The number of rotatable bonds is 4. The number of nitrogens with zero attached hydrogens (tertiary/aromatic N) is 4. The van der Waals surface area contributed by atoms with Crippen LogP contribution in [0.25, 0.3) is 5.57 Å². The maximum atomic E-state index is 9.03. The van der Waals surface area contributed by atoms with Crippen molar-refractivity contribution in [2.75, 3.05) is 12.4 Å². The first-order valence-corrected chi connectivity index (χ1v) is 5.98. The maximum absolute atomic E-state index is 9.03. The molecule has 0 bridgehead atoms. The summed E-state index contributed by atoms with van der Waals surface area (Å²) in [7, 11) is 1.57. The molecule has 7 nitrogen and oxygen atoms in total. The molecule has 0 aliphatic heterocycles. The summed E-state index contributed by atoms with van der Waals surface area (Å²) in [6.07, 6.45) is 1.50. The molecular weight excluding hydrogens is 312 g/mol. The van der Waals surface area contributed by atoms with Gasteiger partial charge < -0.3 is 10.1 Å². The SMILES string of the molecule is COc1cc(Br)ccc1NC=C(C#N)c1nn[nH]n1. The lowest BCUT2D eigenvalue weighted by molar-refractivity contribution is 0.416. The summed E-state index contributed by atoms with van der Waals surface area (Å²) in [5.41, 5.74) is 0.987. The van der Waals surface area contributed by atoms with Gasteiger partial charge in [-0.3, -0.25) is 0 Å². The predicted molar refractivity (Wildman–Crippen MR) is 72.1 cm³/mol. The molecule has 2 rings (SSSR count). The van der Waals surface area contributed by atoms with Gasteiger partial charge in [0.2, 0.25) is 5.82 Å². The Hall–Kier alpha value is -2.40. The average molecular weight is 321 g/mol. The van der Waals surface area contributed by atoms with Crippen molar-refractivity contribution in [3.8, 4) is 11.8 Å². The number of aromatic amines is 1. The second-order valence-electron chi connectivity index (χ2n) is 3.39. The highest BCUT2D eigenvalue weighted by atomic mass is 79.9. The zero-order valence-electron chi connectivity index (χ0n) is 9.88. The maximum Gasteiger partial charge on any atom is 0.216 e. The third kappa shape index (κ3) is 3.08. The number of nitrogens with one attached hydrogen (secondary N) is 2. The molecule has 96 valence electrons. The quantitative estimate of drug-likeness (QED) is 0.835. The Bertz CT molecular complexity index is 631. The van der Waals surface area contributed by atoms with Gasteiger partial charge in [-0.25, -0.2) is 0 Å². The lowest BCUT2D eigenvalue weighted by Crippen LogP contribution is -1.95. The van der Waals surface area contributed by atoms with E-state index in [9.17, 15) is 0 Å². The van der Waals surface area contributed by atoms with E-state index in [1.165, 1.54) is 6.20 Å². The number of allylic oxidation sites excluding steroid dienone is 1. The van der Waals surface area contributed by atoms with E-state index in [0.717, 1.165) is 10.2 Å². The van der Waals surface area contributed by atoms with Crippen LogP contribution in [0.4, 0.5) is 5.69 Å². The molecule has 0 spiro atoms. The predicted octanol–water partition coefficient (Wildman–Crippen LogP) is 1.95. The fourth-order valence-electron chi connectivity index (χ4n) is 1.36. The fraction of sp³-hybridized carbons (Fsp3) is 0.0909. The van der Waals surface area contributed by atoms with Gasteiger partial charge in [0.25, 0.3) is 0 Å². The van der Waals surface area contributed by atoms with Gasteiger partial charge in [0.15, 0.2) is 0 Å². The first-order valence-electron chi connectivity index (χ1n) is 5.18. The molecule has 0 atom stereocenters. The van der Waals surface area contributed by atoms with E-state index < -0.39 is 0 Å². The van der Waals surface area contributed by atoms with Gasteiger partial charge in [-0.2, -0.15) is 10.5 Å². The molecular formula is C11H9BrN6O. The summed E-state index contributed by atoms with van der Waals surface area (Å²) < 4.78 is 6.13. The zero-order chi connectivity index (χ0) is 13.7. The lowest BCUT2D eigenvalue weighted by Gasteiger charge is -2.08. The highest BCUT2D eigenvalue weighted by Gasteiger charge is 2.07. The van der Waals surface area contributed by atoms with E-state index in [0.29, 0.717) is 5.75 Å². The second-order valence-corrected chi connectivity index (χ2v) is 4.31. The van der Waals surface area contributed by atoms with Crippen LogP contribution in [-0.2, 0) is 0 Å². The minimum absolute atomic E-state index is 0.228. The standard InChI is InChI=1S/C11H9BrN6O/c1-19-10-4-8(12)2-3-9(10)14-6-7(5-13)11-15-17-18-16-11/h2-4,6,14H,1H3,(H,15,16,17,18). The van der Waals surface area contributed by atoms with Gasteiger partial charge in [-0.05, 0) is 23.4 Å². The summed E-state index contributed by atoms with van der Waals surface area (Å²) in [4.78, 5) is 0. The summed E-state index contributed by atoms with van der Waals surface area (Å²) in [6.45, 7) is 0. The van der Waals surface area contributed by atoms with Crippen LogP contribution in [0.1, 0.15) is 5.82 Å². The first-order chi connectivity index (χ1) is 9.24. The monoisotopic (exact) mass is 320 g/mol. The van der Waals surface area contributed by atoms with E-state index in [-0.39, 0.29) is 11.4 Å². The van der Waals surface area contributed by atoms with E-state index in [1.54, 1.807) is 7.11 Å². The molecule has 0 fully saturated rings. The Kier molecular flexibility index (Phi) is 4.10. The minimum Gasteiger partial charge on any atom is -0.495 e. The molecule has 8 heteroatoms. The van der Waals surface area contributed by atoms with Crippen molar-refractivity contribution in [3.05, 3.63) is 34.7 Å². The number of methoxy groups -OCH3 is 1. The number of hydrogen-bond donors (Lipinski definition) is 2. The van der Waals surface area contributed by atoms with Crippen molar-refractivity contribution in [2.45, 2.75) is 0 Å². The Morgan fingerprint density at radius 2 is 2.42 bits per heavy atom. The Labute approximate surface area is 117 Å². The van der Waals surface area contributed by atoms with E-state index in [2.05, 4.69) is 41.9 Å². The van der Waals surface area contributed by atoms with Crippen LogP contribution in [-0.4, -0.2) is 27.7 Å². The molecule has 0 unspecified atom stereocenters. The Morgan fingerprint density at radius 3 is 3.05 bits per heavy atom. The molecule has 1 aromatic heterocycles. The number of hydrogen-bond acceptors (Lipinski definition) is 6. The van der Waals surface area contributed by atoms with Gasteiger partial charge in [0, 0.05) is 10.7 Å². The highest BCUT2D eigenvalue weighted by Crippen LogP contribution is 2.28. The van der Waals surface area contributed by atoms with Gasteiger partial charge in [0.1, 0.15) is 17.4 Å². The van der Waals surface area contributed by atoms with Crippen LogP contribution in [0.2, 0.25) is 0 Å². The van der Waals surface area contributed by atoms with Crippen LogP contribution in [0.3, 0.4) is 0 Å². The van der Waals surface area contributed by atoms with Crippen molar-refractivity contribution < 1.29 is 4.74 Å². The summed E-state index contributed by atoms with van der Waals surface area (Å²) in [5, 5.41) is 25.2. The van der Waals surface area contributed by atoms with Crippen molar-refractivity contribution in [2.24, 2.45) is 0 Å². The largest absolute Gasteiger partial charge is 0.495 e. The molecule has 1 heterocycles. The molecule has 2 N–H and O–H groups in total. The molecule has 2 aromatic rings. The van der Waals surface area contributed by atoms with Crippen molar-refractivity contribution in [1.82, 2.24) is 20.6 Å². The third-order valence-corrected chi connectivity index (χ3v) is 2.74. The fourth-order valence-corrected chi connectivity index (χ4v) is 1.70. The summed E-state index contributed by atoms with van der Waals surface area (Å²) in [6, 6.07) is 7.49. The van der Waals surface area contributed by atoms with Crippen LogP contribution >= 0.6 is 15.9 Å². The molecule has 0 saturated heterocycles. The smallest absolute Gasteiger partial charge is 0.216 e. The number of H-pyrrole nitrogens is 1. The number of halogens is 1. The van der Waals surface area contributed by atoms with Gasteiger partial charge in [-0.15, -0.1) is 10.2 Å². The number of aromatic nitrogens is 4. The Balaban J connectivity index is 2.24. The van der Waals surface area contributed by atoms with Crippen LogP contribution in [0, 0.1) is 11.3 Å². The van der Waals surface area contributed by atoms with Gasteiger partial charge in [0.05, 0.1) is 12.8 Å². The zero-order valence-corrected chi connectivity index (χ0v) is 11.5. The Morgan fingerprint density at radius 1 is 1.58 bits per heavy atom. The number of nitriles is 1. The normalized spacial score (nSPS) is 10.9. The van der Waals surface area contributed by atoms with E-state index >= 15 is 0 Å². The number of ether oxygens (including phenoxy) is 1. The molecule has 19 heavy (non-hydrogen) atoms. The van der Waals surface area contributed by atoms with Gasteiger partial charge in [-0.1, -0.05) is 15.9 Å². The van der Waals surface area contributed by atoms with Crippen LogP contribution < -0.4 is 10.1 Å². The van der Waals surface area contributed by atoms with Crippen LogP contribution in [0.5, 0.6) is 5.75 Å². The molecule has 0 saturated carbocycles. The summed E-state index contributed by atoms with van der Waals surface area (Å²) in [5.74, 6) is 0.877. The van der Waals surface area contributed by atoms with Gasteiger partial charge >= 0.3 is 0 Å². The van der Waals surface area contributed by atoms with Crippen molar-refractivity contribution >= 4 is 27.2 Å². The van der Waals surface area contributed by atoms with E-state index in [4.69, 9.17) is 10.00 Å². The lowest BCUT2D eigenvalue weighted by atomic mass is 10.2. The topological polar surface area (TPSA) is 99.5 Å². The molecule has 0 amide bonds. The number of anilines is 1.